The van der Waals surface area contributed by atoms with Gasteiger partial charge in [0.25, 0.3) is 0 Å². The fraction of sp³-hybridized carbons (Fsp3) is 0.148. The molecule has 30 heavy (non-hydrogen) atoms. The molecule has 4 rings (SSSR count). The fourth-order valence-corrected chi connectivity index (χ4v) is 3.85. The van der Waals surface area contributed by atoms with E-state index < -0.39 is 0 Å². The smallest absolute Gasteiger partial charge is 0.239 e. The predicted octanol–water partition coefficient (Wildman–Crippen LogP) is 4.95. The molecule has 3 heteroatoms. The Morgan fingerprint density at radius 3 is 2.17 bits per heavy atom. The van der Waals surface area contributed by atoms with Crippen molar-refractivity contribution in [3.05, 3.63) is 120 Å². The van der Waals surface area contributed by atoms with Crippen LogP contribution in [0.1, 0.15) is 29.3 Å². The number of imidazole rings is 1. The highest BCUT2D eigenvalue weighted by molar-refractivity contribution is 6.73. The lowest BCUT2D eigenvalue weighted by atomic mass is 9.65. The molecule has 1 aromatic heterocycles. The van der Waals surface area contributed by atoms with Gasteiger partial charge < -0.3 is 4.57 Å². The SMILES string of the molecule is CCc1cnc(BC(=Cc2ccccc2)c2ccccc2)n1CCc1ccccc1. The molecule has 0 fully saturated rings. The largest absolute Gasteiger partial charge is 0.340 e. The molecule has 0 radical (unpaired) electrons. The number of aryl methyl sites for hydroxylation is 2. The topological polar surface area (TPSA) is 17.8 Å². The Balaban J connectivity index is 1.64. The van der Waals surface area contributed by atoms with Gasteiger partial charge in [0.15, 0.2) is 0 Å². The summed E-state index contributed by atoms with van der Waals surface area (Å²) in [5.41, 5.74) is 7.55. The Morgan fingerprint density at radius 2 is 1.50 bits per heavy atom. The molecule has 0 bridgehead atoms. The molecule has 2 nitrogen and oxygen atoms in total. The minimum Gasteiger partial charge on any atom is -0.340 e. The third kappa shape index (κ3) is 4.98. The van der Waals surface area contributed by atoms with Crippen molar-refractivity contribution >= 4 is 24.6 Å². The summed E-state index contributed by atoms with van der Waals surface area (Å²) < 4.78 is 2.41. The Kier molecular flexibility index (Phi) is 6.61. The molecule has 0 atom stereocenters. The summed E-state index contributed by atoms with van der Waals surface area (Å²) in [4.78, 5) is 4.83. The van der Waals surface area contributed by atoms with Gasteiger partial charge in [-0.15, -0.1) is 0 Å². The first-order valence-electron chi connectivity index (χ1n) is 10.7. The van der Waals surface area contributed by atoms with Gasteiger partial charge in [-0.2, -0.15) is 0 Å². The first-order chi connectivity index (χ1) is 14.8. The van der Waals surface area contributed by atoms with Gasteiger partial charge in [-0.25, -0.2) is 0 Å². The molecule has 1 heterocycles. The van der Waals surface area contributed by atoms with Crippen LogP contribution < -0.4 is 5.72 Å². The molecular formula is C27H27BN2. The number of hydrogen-bond acceptors (Lipinski definition) is 1. The number of rotatable bonds is 8. The lowest BCUT2D eigenvalue weighted by molar-refractivity contribution is 0.680. The second-order valence-corrected chi connectivity index (χ2v) is 7.53. The van der Waals surface area contributed by atoms with Crippen LogP contribution in [-0.2, 0) is 19.4 Å². The molecule has 0 unspecified atom stereocenters. The molecule has 0 saturated heterocycles. The quantitative estimate of drug-likeness (QED) is 0.308. The zero-order chi connectivity index (χ0) is 20.6. The van der Waals surface area contributed by atoms with Gasteiger partial charge in [0.1, 0.15) is 0 Å². The molecule has 148 valence electrons. The molecule has 0 spiro atoms. The van der Waals surface area contributed by atoms with Crippen LogP contribution >= 0.6 is 0 Å². The summed E-state index contributed by atoms with van der Waals surface area (Å²) in [5.74, 6) is 0. The molecule has 0 aliphatic carbocycles. The van der Waals surface area contributed by atoms with Crippen LogP contribution in [0.4, 0.5) is 0 Å². The van der Waals surface area contributed by atoms with Gasteiger partial charge in [-0.1, -0.05) is 109 Å². The van der Waals surface area contributed by atoms with E-state index in [1.165, 1.54) is 27.9 Å². The second kappa shape index (κ2) is 9.93. The lowest BCUT2D eigenvalue weighted by Gasteiger charge is -2.13. The normalized spacial score (nSPS) is 11.4. The van der Waals surface area contributed by atoms with Crippen LogP contribution in [0.25, 0.3) is 11.5 Å². The van der Waals surface area contributed by atoms with Gasteiger partial charge in [0.2, 0.25) is 7.28 Å². The Morgan fingerprint density at radius 1 is 0.867 bits per heavy atom. The van der Waals surface area contributed by atoms with Crippen molar-refractivity contribution in [1.29, 1.82) is 0 Å². The van der Waals surface area contributed by atoms with Crippen LogP contribution in [-0.4, -0.2) is 16.8 Å². The van der Waals surface area contributed by atoms with Gasteiger partial charge in [0.05, 0.1) is 5.72 Å². The standard InChI is InChI=1S/C27H27BN2/c1-2-25-21-29-27(30(25)19-18-22-12-6-3-7-13-22)28-26(24-16-10-5-11-17-24)20-23-14-8-4-9-15-23/h3-17,20-21,28H,2,18-19H2,1H3. The number of benzene rings is 3. The maximum atomic E-state index is 4.83. The van der Waals surface area contributed by atoms with Crippen LogP contribution in [0.3, 0.4) is 0 Å². The Hall–Kier alpha value is -3.33. The van der Waals surface area contributed by atoms with Crippen molar-refractivity contribution < 1.29 is 0 Å². The second-order valence-electron chi connectivity index (χ2n) is 7.53. The van der Waals surface area contributed by atoms with Gasteiger partial charge in [-0.05, 0) is 29.5 Å². The molecular weight excluding hydrogens is 363 g/mol. The summed E-state index contributed by atoms with van der Waals surface area (Å²) >= 11 is 0. The van der Waals surface area contributed by atoms with Gasteiger partial charge in [-0.3, -0.25) is 4.98 Å². The molecule has 0 amide bonds. The molecule has 0 aliphatic rings. The van der Waals surface area contributed by atoms with E-state index in [0.717, 1.165) is 32.4 Å². The molecule has 4 aromatic rings. The first-order valence-corrected chi connectivity index (χ1v) is 10.7. The minimum absolute atomic E-state index is 0.813. The monoisotopic (exact) mass is 390 g/mol. The maximum Gasteiger partial charge on any atom is 0.239 e. The first kappa shape index (κ1) is 20.0. The molecule has 0 aliphatic heterocycles. The number of aromatic nitrogens is 2. The van der Waals surface area contributed by atoms with Gasteiger partial charge >= 0.3 is 0 Å². The molecule has 3 aromatic carbocycles. The average Bonchev–Trinajstić information content (AvgIpc) is 3.20. The van der Waals surface area contributed by atoms with Crippen molar-refractivity contribution in [2.24, 2.45) is 0 Å². The highest BCUT2D eigenvalue weighted by Gasteiger charge is 2.14. The maximum absolute atomic E-state index is 4.83. The van der Waals surface area contributed by atoms with Crippen LogP contribution in [0.2, 0.25) is 0 Å². The van der Waals surface area contributed by atoms with Crippen molar-refractivity contribution in [3.8, 4) is 0 Å². The van der Waals surface area contributed by atoms with Crippen LogP contribution in [0.15, 0.2) is 97.2 Å². The van der Waals surface area contributed by atoms with Crippen molar-refractivity contribution in [2.75, 3.05) is 0 Å². The number of nitrogens with zero attached hydrogens (tertiary/aromatic N) is 2. The zero-order valence-corrected chi connectivity index (χ0v) is 17.5. The Bertz CT molecular complexity index is 1080. The summed E-state index contributed by atoms with van der Waals surface area (Å²) in [6, 6.07) is 31.9. The summed E-state index contributed by atoms with van der Waals surface area (Å²) in [5, 5.41) is 0. The van der Waals surface area contributed by atoms with E-state index in [9.17, 15) is 0 Å². The summed E-state index contributed by atoms with van der Waals surface area (Å²) in [6.45, 7) is 3.16. The lowest BCUT2D eigenvalue weighted by Crippen LogP contribution is -2.29. The zero-order valence-electron chi connectivity index (χ0n) is 17.5. The number of hydrogen-bond donors (Lipinski definition) is 0. The van der Waals surface area contributed by atoms with Crippen molar-refractivity contribution in [1.82, 2.24) is 9.55 Å². The predicted molar refractivity (Wildman–Crippen MR) is 129 cm³/mol. The van der Waals surface area contributed by atoms with E-state index in [0.29, 0.717) is 0 Å². The van der Waals surface area contributed by atoms with E-state index in [-0.39, 0.29) is 0 Å². The van der Waals surface area contributed by atoms with Crippen LogP contribution in [0.5, 0.6) is 0 Å². The van der Waals surface area contributed by atoms with E-state index in [1.807, 2.05) is 6.20 Å². The van der Waals surface area contributed by atoms with Crippen LogP contribution in [0, 0.1) is 0 Å². The molecule has 0 N–H and O–H groups in total. The van der Waals surface area contributed by atoms with E-state index in [4.69, 9.17) is 4.98 Å². The molecule has 0 saturated carbocycles. The summed E-state index contributed by atoms with van der Waals surface area (Å²) in [6.07, 6.45) is 6.34. The summed E-state index contributed by atoms with van der Waals surface area (Å²) in [7, 11) is 0.813. The minimum atomic E-state index is 0.813. The van der Waals surface area contributed by atoms with Crippen molar-refractivity contribution in [3.63, 3.8) is 0 Å². The third-order valence-corrected chi connectivity index (χ3v) is 5.48. The highest BCUT2D eigenvalue weighted by Crippen LogP contribution is 2.17. The fourth-order valence-electron chi connectivity index (χ4n) is 3.85. The van der Waals surface area contributed by atoms with E-state index >= 15 is 0 Å². The Labute approximate surface area is 180 Å². The van der Waals surface area contributed by atoms with E-state index in [1.54, 1.807) is 0 Å². The highest BCUT2D eigenvalue weighted by atomic mass is 15.1. The third-order valence-electron chi connectivity index (χ3n) is 5.48. The average molecular weight is 390 g/mol. The van der Waals surface area contributed by atoms with Crippen molar-refractivity contribution in [2.45, 2.75) is 26.3 Å². The van der Waals surface area contributed by atoms with E-state index in [2.05, 4.69) is 109 Å². The van der Waals surface area contributed by atoms with Gasteiger partial charge in [0, 0.05) is 18.4 Å².